The molecule has 0 atom stereocenters. The highest BCUT2D eigenvalue weighted by molar-refractivity contribution is 9.10. The van der Waals surface area contributed by atoms with Crippen LogP contribution in [0.5, 0.6) is 0 Å². The van der Waals surface area contributed by atoms with Gasteiger partial charge in [0.1, 0.15) is 16.5 Å². The van der Waals surface area contributed by atoms with Gasteiger partial charge in [0, 0.05) is 10.2 Å². The maximum Gasteiger partial charge on any atom is 0.148 e. The highest BCUT2D eigenvalue weighted by atomic mass is 79.9. The number of thiocarbonyl (C=S) groups is 1. The average Bonchev–Trinajstić information content (AvgIpc) is 2.36. The molecule has 0 saturated heterocycles. The van der Waals surface area contributed by atoms with Gasteiger partial charge in [0.2, 0.25) is 0 Å². The van der Waals surface area contributed by atoms with Gasteiger partial charge < -0.3 is 11.1 Å². The molecule has 4 nitrogen and oxygen atoms in total. The number of nitrogens with zero attached hydrogens (tertiary/aromatic N) is 2. The lowest BCUT2D eigenvalue weighted by molar-refractivity contribution is 1.17. The van der Waals surface area contributed by atoms with E-state index in [1.807, 2.05) is 26.0 Å². The molecule has 1 heterocycles. The molecule has 0 aliphatic carbocycles. The summed E-state index contributed by atoms with van der Waals surface area (Å²) in [4.78, 5) is 8.61. The van der Waals surface area contributed by atoms with E-state index in [9.17, 15) is 0 Å². The van der Waals surface area contributed by atoms with Gasteiger partial charge in [-0.1, -0.05) is 28.1 Å². The van der Waals surface area contributed by atoms with Gasteiger partial charge in [0.25, 0.3) is 0 Å². The minimum atomic E-state index is 0.245. The molecule has 0 saturated carbocycles. The minimum absolute atomic E-state index is 0.245. The highest BCUT2D eigenvalue weighted by Gasteiger charge is 2.04. The number of hydrogen-bond donors (Lipinski definition) is 2. The van der Waals surface area contributed by atoms with Crippen LogP contribution in [0.2, 0.25) is 0 Å². The molecular formula is C13H13BrN4S. The Kier molecular flexibility index (Phi) is 4.11. The van der Waals surface area contributed by atoms with Crippen LogP contribution in [-0.4, -0.2) is 15.0 Å². The summed E-state index contributed by atoms with van der Waals surface area (Å²) in [6.07, 6.45) is 3.17. The first-order chi connectivity index (χ1) is 8.97. The summed E-state index contributed by atoms with van der Waals surface area (Å²) in [5, 5.41) is 3.20. The molecule has 3 N–H and O–H groups in total. The van der Waals surface area contributed by atoms with E-state index in [0.717, 1.165) is 21.3 Å². The summed E-state index contributed by atoms with van der Waals surface area (Å²) in [5.41, 5.74) is 9.29. The molecule has 0 unspecified atom stereocenters. The van der Waals surface area contributed by atoms with Gasteiger partial charge in [-0.05, 0) is 37.1 Å². The number of halogens is 1. The van der Waals surface area contributed by atoms with Gasteiger partial charge in [-0.15, -0.1) is 0 Å². The Labute approximate surface area is 125 Å². The summed E-state index contributed by atoms with van der Waals surface area (Å²) >= 11 is 8.37. The van der Waals surface area contributed by atoms with Crippen molar-refractivity contribution in [2.75, 3.05) is 5.32 Å². The van der Waals surface area contributed by atoms with Crippen molar-refractivity contribution in [3.05, 3.63) is 45.8 Å². The normalized spacial score (nSPS) is 10.3. The van der Waals surface area contributed by atoms with Crippen molar-refractivity contribution in [3.63, 3.8) is 0 Å². The number of rotatable bonds is 3. The number of nitrogens with one attached hydrogen (secondary N) is 1. The Morgan fingerprint density at radius 1 is 1.21 bits per heavy atom. The van der Waals surface area contributed by atoms with Crippen molar-refractivity contribution >= 4 is 44.6 Å². The predicted molar refractivity (Wildman–Crippen MR) is 84.8 cm³/mol. The molecule has 1 aromatic heterocycles. The van der Waals surface area contributed by atoms with Crippen molar-refractivity contribution in [3.8, 4) is 0 Å². The fourth-order valence-corrected chi connectivity index (χ4v) is 2.02. The van der Waals surface area contributed by atoms with Crippen LogP contribution < -0.4 is 11.1 Å². The third-order valence-electron chi connectivity index (χ3n) is 2.61. The maximum atomic E-state index is 5.48. The maximum absolute atomic E-state index is 5.48. The van der Waals surface area contributed by atoms with E-state index in [0.29, 0.717) is 11.5 Å². The minimum Gasteiger partial charge on any atom is -0.388 e. The molecule has 0 fully saturated rings. The molecule has 0 aliphatic heterocycles. The van der Waals surface area contributed by atoms with Gasteiger partial charge in [-0.25, -0.2) is 9.97 Å². The Bertz CT molecular complexity index is 602. The van der Waals surface area contributed by atoms with Crippen LogP contribution in [0.1, 0.15) is 16.8 Å². The van der Waals surface area contributed by atoms with Gasteiger partial charge in [-0.3, -0.25) is 0 Å². The summed E-state index contributed by atoms with van der Waals surface area (Å²) in [6, 6.07) is 4.08. The Hall–Kier alpha value is -1.53. The largest absolute Gasteiger partial charge is 0.388 e. The van der Waals surface area contributed by atoms with E-state index >= 15 is 0 Å². The van der Waals surface area contributed by atoms with Crippen molar-refractivity contribution in [2.24, 2.45) is 5.73 Å². The fraction of sp³-hybridized carbons (Fsp3) is 0.154. The molecule has 0 bridgehead atoms. The first kappa shape index (κ1) is 13.9. The zero-order valence-electron chi connectivity index (χ0n) is 10.6. The third-order valence-corrected chi connectivity index (χ3v) is 4.07. The molecule has 0 radical (unpaired) electrons. The van der Waals surface area contributed by atoms with Crippen LogP contribution >= 0.6 is 28.1 Å². The van der Waals surface area contributed by atoms with Gasteiger partial charge in [0.15, 0.2) is 0 Å². The van der Waals surface area contributed by atoms with Crippen LogP contribution in [-0.2, 0) is 0 Å². The van der Waals surface area contributed by atoms with E-state index < -0.39 is 0 Å². The summed E-state index contributed by atoms with van der Waals surface area (Å²) in [7, 11) is 0. The zero-order valence-corrected chi connectivity index (χ0v) is 13.0. The highest BCUT2D eigenvalue weighted by Crippen LogP contribution is 2.26. The van der Waals surface area contributed by atoms with Gasteiger partial charge in [-0.2, -0.15) is 0 Å². The van der Waals surface area contributed by atoms with Crippen molar-refractivity contribution < 1.29 is 0 Å². The molecule has 0 aliphatic rings. The molecule has 1 aromatic carbocycles. The fourth-order valence-electron chi connectivity index (χ4n) is 1.69. The molecule has 0 spiro atoms. The van der Waals surface area contributed by atoms with Crippen molar-refractivity contribution in [2.45, 2.75) is 13.8 Å². The van der Waals surface area contributed by atoms with Crippen molar-refractivity contribution in [1.29, 1.82) is 0 Å². The number of benzene rings is 1. The van der Waals surface area contributed by atoms with E-state index in [1.165, 1.54) is 0 Å². The SMILES string of the molecule is Cc1cc(Nc2cnc(C(N)=S)cn2)cc(C)c1Br. The van der Waals surface area contributed by atoms with Crippen LogP contribution in [0.3, 0.4) is 0 Å². The smallest absolute Gasteiger partial charge is 0.148 e. The number of anilines is 2. The quantitative estimate of drug-likeness (QED) is 0.842. The second-order valence-corrected chi connectivity index (χ2v) is 5.43. The average molecular weight is 337 g/mol. The Morgan fingerprint density at radius 3 is 2.32 bits per heavy atom. The molecule has 2 rings (SSSR count). The molecule has 98 valence electrons. The second-order valence-electron chi connectivity index (χ2n) is 4.20. The first-order valence-corrected chi connectivity index (χ1v) is 6.83. The second kappa shape index (κ2) is 5.63. The zero-order chi connectivity index (χ0) is 14.0. The summed E-state index contributed by atoms with van der Waals surface area (Å²) in [6.45, 7) is 4.09. The Balaban J connectivity index is 2.24. The summed E-state index contributed by atoms with van der Waals surface area (Å²) < 4.78 is 1.12. The lowest BCUT2D eigenvalue weighted by atomic mass is 10.1. The van der Waals surface area contributed by atoms with Crippen molar-refractivity contribution in [1.82, 2.24) is 9.97 Å². The topological polar surface area (TPSA) is 63.8 Å². The van der Waals surface area contributed by atoms with Crippen LogP contribution in [0, 0.1) is 13.8 Å². The van der Waals surface area contributed by atoms with Crippen LogP contribution in [0.4, 0.5) is 11.5 Å². The van der Waals surface area contributed by atoms with E-state index in [2.05, 4.69) is 31.2 Å². The number of hydrogen-bond acceptors (Lipinski definition) is 4. The molecule has 2 aromatic rings. The number of aromatic nitrogens is 2. The van der Waals surface area contributed by atoms with Crippen LogP contribution in [0.25, 0.3) is 0 Å². The number of nitrogens with two attached hydrogens (primary N) is 1. The van der Waals surface area contributed by atoms with Gasteiger partial charge in [0.05, 0.1) is 12.4 Å². The summed E-state index contributed by atoms with van der Waals surface area (Å²) in [5.74, 6) is 0.654. The third kappa shape index (κ3) is 3.27. The van der Waals surface area contributed by atoms with E-state index in [-0.39, 0.29) is 4.99 Å². The van der Waals surface area contributed by atoms with E-state index in [1.54, 1.807) is 12.4 Å². The number of aryl methyl sites for hydroxylation is 2. The predicted octanol–water partition coefficient (Wildman–Crippen LogP) is 3.23. The van der Waals surface area contributed by atoms with Crippen LogP contribution in [0.15, 0.2) is 29.0 Å². The molecule has 19 heavy (non-hydrogen) atoms. The molecule has 6 heteroatoms. The molecule has 0 amide bonds. The Morgan fingerprint density at radius 2 is 1.84 bits per heavy atom. The molecular weight excluding hydrogens is 324 g/mol. The first-order valence-electron chi connectivity index (χ1n) is 5.63. The lowest BCUT2D eigenvalue weighted by Gasteiger charge is -2.10. The standard InChI is InChI=1S/C13H13BrN4S/c1-7-3-9(4-8(2)12(7)14)18-11-6-16-10(5-17-11)13(15)19/h3-6H,1-2H3,(H2,15,19)(H,17,18). The monoisotopic (exact) mass is 336 g/mol. The van der Waals surface area contributed by atoms with Gasteiger partial charge >= 0.3 is 0 Å². The van der Waals surface area contributed by atoms with E-state index in [4.69, 9.17) is 18.0 Å². The lowest BCUT2D eigenvalue weighted by Crippen LogP contribution is -2.12.